The molecule has 1 heterocycles. The Balaban J connectivity index is 2.22. The summed E-state index contributed by atoms with van der Waals surface area (Å²) < 4.78 is 5.48. The Kier molecular flexibility index (Phi) is 5.04. The number of nitrogens with one attached hydrogen (secondary N) is 1. The van der Waals surface area contributed by atoms with Crippen molar-refractivity contribution in [2.24, 2.45) is 5.92 Å². The highest BCUT2D eigenvalue weighted by molar-refractivity contribution is 6.33. The number of aliphatic hydroxyl groups excluding tert-OH is 1. The molecule has 2 N–H and O–H groups in total. The summed E-state index contributed by atoms with van der Waals surface area (Å²) >= 11 is 6.11. The van der Waals surface area contributed by atoms with Crippen LogP contribution in [0.25, 0.3) is 11.3 Å². The zero-order valence-corrected chi connectivity index (χ0v) is 12.8. The van der Waals surface area contributed by atoms with Gasteiger partial charge in [-0.1, -0.05) is 25.4 Å². The van der Waals surface area contributed by atoms with Crippen molar-refractivity contribution in [3.63, 3.8) is 0 Å². The van der Waals surface area contributed by atoms with Gasteiger partial charge < -0.3 is 14.8 Å². The maximum atomic E-state index is 11.8. The molecule has 0 aliphatic rings. The highest BCUT2D eigenvalue weighted by Crippen LogP contribution is 2.30. The van der Waals surface area contributed by atoms with E-state index >= 15 is 0 Å². The van der Waals surface area contributed by atoms with E-state index in [1.54, 1.807) is 30.3 Å². The maximum Gasteiger partial charge on any atom is 0.224 e. The number of amides is 1. The molecule has 0 unspecified atom stereocenters. The highest BCUT2D eigenvalue weighted by Gasteiger charge is 2.11. The van der Waals surface area contributed by atoms with Crippen LogP contribution < -0.4 is 5.32 Å². The van der Waals surface area contributed by atoms with E-state index in [9.17, 15) is 4.79 Å². The van der Waals surface area contributed by atoms with Gasteiger partial charge >= 0.3 is 0 Å². The van der Waals surface area contributed by atoms with E-state index in [0.29, 0.717) is 28.7 Å². The van der Waals surface area contributed by atoms with E-state index in [-0.39, 0.29) is 18.4 Å². The van der Waals surface area contributed by atoms with Crippen LogP contribution in [0.3, 0.4) is 0 Å². The predicted octanol–water partition coefficient (Wildman–Crippen LogP) is 4.08. The van der Waals surface area contributed by atoms with Crippen LogP contribution in [0.1, 0.15) is 26.0 Å². The SMILES string of the molecule is CC(C)CC(=O)Nc1cc(-c2ccc(CO)o2)ccc1Cl. The van der Waals surface area contributed by atoms with Crippen molar-refractivity contribution in [1.29, 1.82) is 0 Å². The molecule has 0 aliphatic carbocycles. The first kappa shape index (κ1) is 15.6. The molecule has 2 aromatic rings. The van der Waals surface area contributed by atoms with E-state index < -0.39 is 0 Å². The molecular formula is C16H18ClNO3. The lowest BCUT2D eigenvalue weighted by Crippen LogP contribution is -2.14. The van der Waals surface area contributed by atoms with Gasteiger partial charge in [-0.25, -0.2) is 0 Å². The van der Waals surface area contributed by atoms with Crippen molar-refractivity contribution >= 4 is 23.2 Å². The molecule has 2 rings (SSSR count). The van der Waals surface area contributed by atoms with Crippen LogP contribution >= 0.6 is 11.6 Å². The van der Waals surface area contributed by atoms with E-state index in [2.05, 4.69) is 5.32 Å². The number of halogens is 1. The first-order valence-corrected chi connectivity index (χ1v) is 7.16. The Labute approximate surface area is 128 Å². The van der Waals surface area contributed by atoms with E-state index in [1.807, 2.05) is 13.8 Å². The van der Waals surface area contributed by atoms with Crippen molar-refractivity contribution in [3.05, 3.63) is 41.1 Å². The fourth-order valence-electron chi connectivity index (χ4n) is 1.96. The van der Waals surface area contributed by atoms with Crippen LogP contribution in [0.15, 0.2) is 34.7 Å². The summed E-state index contributed by atoms with van der Waals surface area (Å²) in [5.41, 5.74) is 1.35. The lowest BCUT2D eigenvalue weighted by Gasteiger charge is -2.10. The monoisotopic (exact) mass is 307 g/mol. The summed E-state index contributed by atoms with van der Waals surface area (Å²) in [4.78, 5) is 11.8. The largest absolute Gasteiger partial charge is 0.459 e. The quantitative estimate of drug-likeness (QED) is 0.875. The summed E-state index contributed by atoms with van der Waals surface area (Å²) in [6.07, 6.45) is 0.440. The summed E-state index contributed by atoms with van der Waals surface area (Å²) in [6.45, 7) is 3.82. The molecule has 112 valence electrons. The number of carbonyl (C=O) groups is 1. The number of anilines is 1. The molecule has 0 aliphatic heterocycles. The molecular weight excluding hydrogens is 290 g/mol. The molecule has 0 atom stereocenters. The van der Waals surface area contributed by atoms with Gasteiger partial charge in [0.05, 0.1) is 10.7 Å². The molecule has 0 bridgehead atoms. The Bertz CT molecular complexity index is 634. The van der Waals surface area contributed by atoms with Crippen LogP contribution in [0.4, 0.5) is 5.69 Å². The Morgan fingerprint density at radius 3 is 2.71 bits per heavy atom. The minimum atomic E-state index is -0.147. The fraction of sp³-hybridized carbons (Fsp3) is 0.312. The van der Waals surface area contributed by atoms with Crippen LogP contribution in [0.5, 0.6) is 0 Å². The molecule has 1 aromatic carbocycles. The third-order valence-corrected chi connectivity index (χ3v) is 3.27. The van der Waals surface area contributed by atoms with Crippen molar-refractivity contribution in [3.8, 4) is 11.3 Å². The molecule has 0 fully saturated rings. The van der Waals surface area contributed by atoms with E-state index in [0.717, 1.165) is 5.56 Å². The standard InChI is InChI=1S/C16H18ClNO3/c1-10(2)7-16(20)18-14-8-11(3-5-13(14)17)15-6-4-12(9-19)21-15/h3-6,8,10,19H,7,9H2,1-2H3,(H,18,20). The van der Waals surface area contributed by atoms with Crippen LogP contribution in [0.2, 0.25) is 5.02 Å². The molecule has 0 spiro atoms. The Morgan fingerprint density at radius 2 is 2.10 bits per heavy atom. The van der Waals surface area contributed by atoms with Crippen molar-refractivity contribution in [1.82, 2.24) is 0 Å². The average molecular weight is 308 g/mol. The minimum Gasteiger partial charge on any atom is -0.459 e. The normalized spacial score (nSPS) is 10.9. The van der Waals surface area contributed by atoms with Gasteiger partial charge in [-0.3, -0.25) is 4.79 Å². The first-order valence-electron chi connectivity index (χ1n) is 6.79. The summed E-state index contributed by atoms with van der Waals surface area (Å²) in [7, 11) is 0. The third kappa shape index (κ3) is 4.09. The number of hydrogen-bond acceptors (Lipinski definition) is 3. The lowest BCUT2D eigenvalue weighted by atomic mass is 10.1. The zero-order valence-electron chi connectivity index (χ0n) is 12.0. The Morgan fingerprint density at radius 1 is 1.33 bits per heavy atom. The Hall–Kier alpha value is -1.78. The number of aliphatic hydroxyl groups is 1. The first-order chi connectivity index (χ1) is 9.99. The number of hydrogen-bond donors (Lipinski definition) is 2. The molecule has 1 aromatic heterocycles. The highest BCUT2D eigenvalue weighted by atomic mass is 35.5. The molecule has 1 amide bonds. The van der Waals surface area contributed by atoms with Gasteiger partial charge in [0.2, 0.25) is 5.91 Å². The molecule has 5 heteroatoms. The second-order valence-electron chi connectivity index (χ2n) is 5.26. The van der Waals surface area contributed by atoms with Gasteiger partial charge in [0.15, 0.2) is 0 Å². The van der Waals surface area contributed by atoms with Crippen LogP contribution in [-0.2, 0) is 11.4 Å². The van der Waals surface area contributed by atoms with Crippen molar-refractivity contribution in [2.75, 3.05) is 5.32 Å². The van der Waals surface area contributed by atoms with Gasteiger partial charge in [0, 0.05) is 12.0 Å². The minimum absolute atomic E-state index is 0.0699. The molecule has 4 nitrogen and oxygen atoms in total. The number of benzene rings is 1. The lowest BCUT2D eigenvalue weighted by molar-refractivity contribution is -0.116. The predicted molar refractivity (Wildman–Crippen MR) is 83.2 cm³/mol. The zero-order chi connectivity index (χ0) is 15.4. The van der Waals surface area contributed by atoms with Gasteiger partial charge in [0.1, 0.15) is 18.1 Å². The van der Waals surface area contributed by atoms with Gasteiger partial charge in [-0.05, 0) is 36.2 Å². The second kappa shape index (κ2) is 6.78. The van der Waals surface area contributed by atoms with Gasteiger partial charge in [-0.15, -0.1) is 0 Å². The van der Waals surface area contributed by atoms with Crippen LogP contribution in [-0.4, -0.2) is 11.0 Å². The van der Waals surface area contributed by atoms with Gasteiger partial charge in [-0.2, -0.15) is 0 Å². The molecule has 0 saturated carbocycles. The molecule has 0 saturated heterocycles. The fourth-order valence-corrected chi connectivity index (χ4v) is 2.13. The average Bonchev–Trinajstić information content (AvgIpc) is 2.89. The van der Waals surface area contributed by atoms with E-state index in [4.69, 9.17) is 21.1 Å². The number of carbonyl (C=O) groups excluding carboxylic acids is 1. The smallest absolute Gasteiger partial charge is 0.224 e. The second-order valence-corrected chi connectivity index (χ2v) is 5.67. The van der Waals surface area contributed by atoms with Crippen LogP contribution in [0, 0.1) is 5.92 Å². The molecule has 21 heavy (non-hydrogen) atoms. The van der Waals surface area contributed by atoms with Crippen molar-refractivity contribution in [2.45, 2.75) is 26.9 Å². The number of rotatable bonds is 5. The summed E-state index contributed by atoms with van der Waals surface area (Å²) in [6, 6.07) is 8.76. The maximum absolute atomic E-state index is 11.8. The molecule has 0 radical (unpaired) electrons. The van der Waals surface area contributed by atoms with Gasteiger partial charge in [0.25, 0.3) is 0 Å². The van der Waals surface area contributed by atoms with Crippen molar-refractivity contribution < 1.29 is 14.3 Å². The third-order valence-electron chi connectivity index (χ3n) is 2.94. The summed E-state index contributed by atoms with van der Waals surface area (Å²) in [5, 5.41) is 12.3. The topological polar surface area (TPSA) is 62.5 Å². The number of furan rings is 1. The summed E-state index contributed by atoms with van der Waals surface area (Å²) in [5.74, 6) is 1.32. The van der Waals surface area contributed by atoms with E-state index in [1.165, 1.54) is 0 Å².